The van der Waals surface area contributed by atoms with Gasteiger partial charge in [-0.25, -0.2) is 4.39 Å². The normalized spacial score (nSPS) is 11.8. The molecule has 2 aromatic rings. The van der Waals surface area contributed by atoms with Crippen molar-refractivity contribution in [3.05, 3.63) is 53.5 Å². The highest BCUT2D eigenvalue weighted by Crippen LogP contribution is 2.25. The Kier molecular flexibility index (Phi) is 5.13. The molecule has 0 radical (unpaired) electrons. The Balaban J connectivity index is 2.09. The lowest BCUT2D eigenvalue weighted by molar-refractivity contribution is 0.560. The van der Waals surface area contributed by atoms with Gasteiger partial charge in [-0.2, -0.15) is 0 Å². The van der Waals surface area contributed by atoms with Crippen LogP contribution >= 0.6 is 0 Å². The first-order valence-electron chi connectivity index (χ1n) is 6.93. The van der Waals surface area contributed by atoms with Crippen LogP contribution in [0.15, 0.2) is 46.4 Å². The summed E-state index contributed by atoms with van der Waals surface area (Å²) in [7, 11) is 0. The first kappa shape index (κ1) is 14.5. The van der Waals surface area contributed by atoms with E-state index in [1.807, 2.05) is 19.1 Å². The van der Waals surface area contributed by atoms with E-state index in [0.717, 1.165) is 25.3 Å². The maximum Gasteiger partial charge on any atom is 0.137 e. The van der Waals surface area contributed by atoms with Crippen molar-refractivity contribution >= 4 is 6.08 Å². The second-order valence-electron chi connectivity index (χ2n) is 4.85. The smallest absolute Gasteiger partial charge is 0.137 e. The van der Waals surface area contributed by atoms with Gasteiger partial charge < -0.3 is 9.73 Å². The van der Waals surface area contributed by atoms with Gasteiger partial charge in [-0.1, -0.05) is 24.6 Å². The average molecular weight is 273 g/mol. The van der Waals surface area contributed by atoms with Crippen LogP contribution in [0.4, 0.5) is 4.39 Å². The Morgan fingerprint density at radius 1 is 1.25 bits per heavy atom. The standard InChI is InChI=1S/C17H20FNO/c1-3-10-19-12-13(2)11-14-8-9-17(20-14)15-6-4-5-7-16(15)18/h4-9,11,19H,3,10,12H2,1-2H3. The van der Waals surface area contributed by atoms with E-state index in [1.54, 1.807) is 24.3 Å². The minimum absolute atomic E-state index is 0.265. The molecule has 0 fully saturated rings. The number of furan rings is 1. The third kappa shape index (κ3) is 3.81. The first-order chi connectivity index (χ1) is 9.70. The van der Waals surface area contributed by atoms with E-state index in [1.165, 1.54) is 11.6 Å². The highest BCUT2D eigenvalue weighted by atomic mass is 19.1. The summed E-state index contributed by atoms with van der Waals surface area (Å²) in [5.74, 6) is 1.04. The molecule has 0 amide bonds. The van der Waals surface area contributed by atoms with Crippen molar-refractivity contribution < 1.29 is 8.81 Å². The second-order valence-corrected chi connectivity index (χ2v) is 4.85. The number of halogens is 1. The van der Waals surface area contributed by atoms with Gasteiger partial charge in [-0.15, -0.1) is 0 Å². The Morgan fingerprint density at radius 2 is 2.05 bits per heavy atom. The third-order valence-corrected chi connectivity index (χ3v) is 2.99. The van der Waals surface area contributed by atoms with E-state index in [2.05, 4.69) is 12.2 Å². The molecule has 0 atom stereocenters. The number of hydrogen-bond acceptors (Lipinski definition) is 2. The fraction of sp³-hybridized carbons (Fsp3) is 0.294. The van der Waals surface area contributed by atoms with Crippen molar-refractivity contribution in [3.8, 4) is 11.3 Å². The minimum Gasteiger partial charge on any atom is -0.457 e. The Labute approximate surface area is 119 Å². The number of benzene rings is 1. The second kappa shape index (κ2) is 7.06. The van der Waals surface area contributed by atoms with Crippen LogP contribution in [0.1, 0.15) is 26.0 Å². The van der Waals surface area contributed by atoms with Gasteiger partial charge in [0.2, 0.25) is 0 Å². The van der Waals surface area contributed by atoms with Crippen molar-refractivity contribution in [2.24, 2.45) is 0 Å². The quantitative estimate of drug-likeness (QED) is 0.784. The van der Waals surface area contributed by atoms with E-state index in [9.17, 15) is 4.39 Å². The van der Waals surface area contributed by atoms with Gasteiger partial charge in [0.15, 0.2) is 0 Å². The van der Waals surface area contributed by atoms with Crippen LogP contribution in [-0.4, -0.2) is 13.1 Å². The molecule has 2 rings (SSSR count). The molecule has 0 aliphatic rings. The van der Waals surface area contributed by atoms with Crippen molar-refractivity contribution in [1.82, 2.24) is 5.32 Å². The molecular formula is C17H20FNO. The molecule has 0 spiro atoms. The van der Waals surface area contributed by atoms with Gasteiger partial charge in [0, 0.05) is 6.54 Å². The topological polar surface area (TPSA) is 25.2 Å². The first-order valence-corrected chi connectivity index (χ1v) is 6.93. The van der Waals surface area contributed by atoms with Gasteiger partial charge in [-0.3, -0.25) is 0 Å². The minimum atomic E-state index is -0.265. The molecule has 1 heterocycles. The average Bonchev–Trinajstić information content (AvgIpc) is 2.88. The molecule has 0 unspecified atom stereocenters. The summed E-state index contributed by atoms with van der Waals surface area (Å²) in [5.41, 5.74) is 1.68. The molecule has 0 saturated heterocycles. The summed E-state index contributed by atoms with van der Waals surface area (Å²) in [6, 6.07) is 10.3. The fourth-order valence-electron chi connectivity index (χ4n) is 1.99. The maximum atomic E-state index is 13.7. The molecule has 0 aliphatic heterocycles. The van der Waals surface area contributed by atoms with E-state index in [4.69, 9.17) is 4.42 Å². The summed E-state index contributed by atoms with van der Waals surface area (Å²) >= 11 is 0. The van der Waals surface area contributed by atoms with Gasteiger partial charge in [0.25, 0.3) is 0 Å². The van der Waals surface area contributed by atoms with Crippen LogP contribution < -0.4 is 5.32 Å². The highest BCUT2D eigenvalue weighted by Gasteiger charge is 2.08. The van der Waals surface area contributed by atoms with Crippen molar-refractivity contribution in [2.45, 2.75) is 20.3 Å². The van der Waals surface area contributed by atoms with Crippen LogP contribution in [0.3, 0.4) is 0 Å². The van der Waals surface area contributed by atoms with E-state index in [0.29, 0.717) is 11.3 Å². The molecule has 3 heteroatoms. The molecule has 20 heavy (non-hydrogen) atoms. The molecule has 0 bridgehead atoms. The Hall–Kier alpha value is -1.87. The van der Waals surface area contributed by atoms with Gasteiger partial charge in [0.05, 0.1) is 5.56 Å². The van der Waals surface area contributed by atoms with Crippen LogP contribution in [-0.2, 0) is 0 Å². The highest BCUT2D eigenvalue weighted by molar-refractivity contribution is 5.61. The third-order valence-electron chi connectivity index (χ3n) is 2.99. The predicted octanol–water partition coefficient (Wildman–Crippen LogP) is 4.49. The van der Waals surface area contributed by atoms with Gasteiger partial charge in [0.1, 0.15) is 17.3 Å². The molecule has 1 aromatic carbocycles. The number of nitrogens with one attached hydrogen (secondary N) is 1. The zero-order valence-corrected chi connectivity index (χ0v) is 11.9. The summed E-state index contributed by atoms with van der Waals surface area (Å²) in [6.07, 6.45) is 3.10. The number of rotatable bonds is 6. The summed E-state index contributed by atoms with van der Waals surface area (Å²) in [5, 5.41) is 3.33. The molecule has 2 nitrogen and oxygen atoms in total. The van der Waals surface area contributed by atoms with Gasteiger partial charge in [-0.05, 0) is 50.2 Å². The van der Waals surface area contributed by atoms with Crippen LogP contribution in [0.2, 0.25) is 0 Å². The van der Waals surface area contributed by atoms with Crippen LogP contribution in [0.25, 0.3) is 17.4 Å². The predicted molar refractivity (Wildman–Crippen MR) is 80.9 cm³/mol. The monoisotopic (exact) mass is 273 g/mol. The molecule has 1 aromatic heterocycles. The zero-order valence-electron chi connectivity index (χ0n) is 11.9. The molecule has 0 aliphatic carbocycles. The largest absolute Gasteiger partial charge is 0.457 e. The molecule has 106 valence electrons. The van der Waals surface area contributed by atoms with E-state index >= 15 is 0 Å². The maximum absolute atomic E-state index is 13.7. The molecule has 1 N–H and O–H groups in total. The summed E-state index contributed by atoms with van der Waals surface area (Å²) in [4.78, 5) is 0. The summed E-state index contributed by atoms with van der Waals surface area (Å²) in [6.45, 7) is 6.03. The lowest BCUT2D eigenvalue weighted by atomic mass is 10.1. The van der Waals surface area contributed by atoms with Crippen LogP contribution in [0, 0.1) is 5.82 Å². The van der Waals surface area contributed by atoms with Crippen molar-refractivity contribution in [3.63, 3.8) is 0 Å². The Morgan fingerprint density at radius 3 is 2.80 bits per heavy atom. The zero-order chi connectivity index (χ0) is 14.4. The van der Waals surface area contributed by atoms with E-state index in [-0.39, 0.29) is 5.82 Å². The molecule has 0 saturated carbocycles. The SMILES string of the molecule is CCCNCC(C)=Cc1ccc(-c2ccccc2F)o1. The van der Waals surface area contributed by atoms with Crippen molar-refractivity contribution in [1.29, 1.82) is 0 Å². The lowest BCUT2D eigenvalue weighted by Crippen LogP contribution is -2.16. The fourth-order valence-corrected chi connectivity index (χ4v) is 1.99. The number of hydrogen-bond donors (Lipinski definition) is 1. The van der Waals surface area contributed by atoms with Crippen molar-refractivity contribution in [2.75, 3.05) is 13.1 Å². The van der Waals surface area contributed by atoms with E-state index < -0.39 is 0 Å². The lowest BCUT2D eigenvalue weighted by Gasteiger charge is -2.02. The van der Waals surface area contributed by atoms with Gasteiger partial charge >= 0.3 is 0 Å². The Bertz CT molecular complexity index is 586. The molecular weight excluding hydrogens is 253 g/mol. The summed E-state index contributed by atoms with van der Waals surface area (Å²) < 4.78 is 19.4. The van der Waals surface area contributed by atoms with Crippen LogP contribution in [0.5, 0.6) is 0 Å².